The summed E-state index contributed by atoms with van der Waals surface area (Å²) in [6.45, 7) is 5.25. The van der Waals surface area contributed by atoms with Crippen molar-refractivity contribution in [3.05, 3.63) is 0 Å². The Morgan fingerprint density at radius 1 is 0.867 bits per heavy atom. The van der Waals surface area contributed by atoms with Crippen LogP contribution in [0.15, 0.2) is 0 Å². The lowest BCUT2D eigenvalue weighted by atomic mass is 10.1. The van der Waals surface area contributed by atoms with Gasteiger partial charge in [-0.2, -0.15) is 0 Å². The van der Waals surface area contributed by atoms with E-state index in [1.165, 1.54) is 38.5 Å². The van der Waals surface area contributed by atoms with Gasteiger partial charge in [0.05, 0.1) is 0 Å². The molecule has 92 valence electrons. The number of hydrogen-bond donors (Lipinski definition) is 0. The molecule has 2 heteroatoms. The average Bonchev–Trinajstić information content (AvgIpc) is 2.26. The molecule has 0 aromatic rings. The monoisotopic (exact) mass is 216 g/mol. The molecule has 0 aliphatic carbocycles. The molecule has 0 aromatic heterocycles. The third-order valence-corrected chi connectivity index (χ3v) is 2.59. The topological polar surface area (TPSA) is 18.5 Å². The van der Waals surface area contributed by atoms with Crippen molar-refractivity contribution < 1.29 is 9.47 Å². The largest absolute Gasteiger partial charge is 0.356 e. The lowest BCUT2D eigenvalue weighted by Crippen LogP contribution is -2.15. The van der Waals surface area contributed by atoms with E-state index in [4.69, 9.17) is 9.47 Å². The predicted octanol–water partition coefficient (Wildman–Crippen LogP) is 4.14. The van der Waals surface area contributed by atoms with Crippen LogP contribution in [0, 0.1) is 0 Å². The van der Waals surface area contributed by atoms with Crippen LogP contribution < -0.4 is 0 Å². The number of rotatable bonds is 11. The van der Waals surface area contributed by atoms with E-state index < -0.39 is 0 Å². The van der Waals surface area contributed by atoms with E-state index in [2.05, 4.69) is 13.8 Å². The average molecular weight is 216 g/mol. The summed E-state index contributed by atoms with van der Waals surface area (Å²) >= 11 is 0. The van der Waals surface area contributed by atoms with Crippen LogP contribution in [0.4, 0.5) is 0 Å². The van der Waals surface area contributed by atoms with Crippen molar-refractivity contribution in [2.75, 3.05) is 13.7 Å². The van der Waals surface area contributed by atoms with Crippen molar-refractivity contribution in [1.29, 1.82) is 0 Å². The highest BCUT2D eigenvalue weighted by molar-refractivity contribution is 4.46. The molecule has 0 saturated heterocycles. The van der Waals surface area contributed by atoms with Crippen molar-refractivity contribution in [1.82, 2.24) is 0 Å². The Balaban J connectivity index is 3.14. The Hall–Kier alpha value is -0.0800. The maximum absolute atomic E-state index is 5.62. The van der Waals surface area contributed by atoms with Gasteiger partial charge in [0.1, 0.15) is 0 Å². The predicted molar refractivity (Wildman–Crippen MR) is 65.0 cm³/mol. The van der Waals surface area contributed by atoms with E-state index in [0.717, 1.165) is 19.4 Å². The first-order valence-electron chi connectivity index (χ1n) is 6.49. The van der Waals surface area contributed by atoms with Gasteiger partial charge in [0, 0.05) is 13.7 Å². The molecule has 0 amide bonds. The van der Waals surface area contributed by atoms with Gasteiger partial charge in [-0.05, 0) is 12.8 Å². The minimum Gasteiger partial charge on any atom is -0.356 e. The molecular weight excluding hydrogens is 188 g/mol. The summed E-state index contributed by atoms with van der Waals surface area (Å²) in [5.74, 6) is 0. The minimum atomic E-state index is 0.0191. The Kier molecular flexibility index (Phi) is 11.9. The van der Waals surface area contributed by atoms with Crippen molar-refractivity contribution >= 4 is 0 Å². The molecular formula is C13H28O2. The van der Waals surface area contributed by atoms with E-state index in [-0.39, 0.29) is 6.29 Å². The molecule has 0 aliphatic rings. The fourth-order valence-electron chi connectivity index (χ4n) is 1.60. The van der Waals surface area contributed by atoms with Crippen LogP contribution in [0.3, 0.4) is 0 Å². The maximum Gasteiger partial charge on any atom is 0.157 e. The highest BCUT2D eigenvalue weighted by atomic mass is 16.7. The third-order valence-electron chi connectivity index (χ3n) is 2.59. The van der Waals surface area contributed by atoms with Gasteiger partial charge in [0.25, 0.3) is 0 Å². The fourth-order valence-corrected chi connectivity index (χ4v) is 1.60. The summed E-state index contributed by atoms with van der Waals surface area (Å²) in [5, 5.41) is 0. The van der Waals surface area contributed by atoms with Gasteiger partial charge in [0.15, 0.2) is 6.29 Å². The normalized spacial score (nSPS) is 13.0. The van der Waals surface area contributed by atoms with Gasteiger partial charge in [-0.15, -0.1) is 0 Å². The van der Waals surface area contributed by atoms with Gasteiger partial charge in [-0.3, -0.25) is 0 Å². The Labute approximate surface area is 95.3 Å². The highest BCUT2D eigenvalue weighted by Gasteiger charge is 2.04. The summed E-state index contributed by atoms with van der Waals surface area (Å²) in [6, 6.07) is 0. The first kappa shape index (κ1) is 14.9. The summed E-state index contributed by atoms with van der Waals surface area (Å²) < 4.78 is 10.8. The van der Waals surface area contributed by atoms with E-state index in [0.29, 0.717) is 0 Å². The zero-order valence-corrected chi connectivity index (χ0v) is 10.8. The molecule has 15 heavy (non-hydrogen) atoms. The number of ether oxygens (including phenoxy) is 2. The van der Waals surface area contributed by atoms with E-state index in [1.807, 2.05) is 0 Å². The lowest BCUT2D eigenvalue weighted by Gasteiger charge is -2.14. The quantitative estimate of drug-likeness (QED) is 0.382. The lowest BCUT2D eigenvalue weighted by molar-refractivity contribution is -0.128. The number of hydrogen-bond acceptors (Lipinski definition) is 2. The van der Waals surface area contributed by atoms with Crippen LogP contribution in [0.25, 0.3) is 0 Å². The molecule has 2 nitrogen and oxygen atoms in total. The Morgan fingerprint density at radius 2 is 1.53 bits per heavy atom. The van der Waals surface area contributed by atoms with Crippen LogP contribution in [0.5, 0.6) is 0 Å². The molecule has 0 saturated carbocycles. The van der Waals surface area contributed by atoms with Gasteiger partial charge in [-0.25, -0.2) is 0 Å². The van der Waals surface area contributed by atoms with Crippen LogP contribution >= 0.6 is 0 Å². The molecule has 0 heterocycles. The zero-order chi connectivity index (χ0) is 11.4. The van der Waals surface area contributed by atoms with Gasteiger partial charge in [0.2, 0.25) is 0 Å². The summed E-state index contributed by atoms with van der Waals surface area (Å²) in [5.41, 5.74) is 0. The van der Waals surface area contributed by atoms with Crippen LogP contribution in [-0.4, -0.2) is 20.0 Å². The zero-order valence-electron chi connectivity index (χ0n) is 10.8. The van der Waals surface area contributed by atoms with Gasteiger partial charge in [-0.1, -0.05) is 52.4 Å². The molecule has 1 atom stereocenters. The smallest absolute Gasteiger partial charge is 0.157 e. The second-order valence-corrected chi connectivity index (χ2v) is 4.09. The fraction of sp³-hybridized carbons (Fsp3) is 1.00. The summed E-state index contributed by atoms with van der Waals surface area (Å²) in [6.07, 6.45) is 10.0. The molecule has 0 N–H and O–H groups in total. The summed E-state index contributed by atoms with van der Waals surface area (Å²) in [4.78, 5) is 0. The molecule has 0 rings (SSSR count). The number of methoxy groups -OCH3 is 1. The van der Waals surface area contributed by atoms with Crippen LogP contribution in [0.2, 0.25) is 0 Å². The molecule has 0 spiro atoms. The third kappa shape index (κ3) is 10.2. The van der Waals surface area contributed by atoms with Crippen molar-refractivity contribution in [3.63, 3.8) is 0 Å². The minimum absolute atomic E-state index is 0.0191. The van der Waals surface area contributed by atoms with Gasteiger partial charge >= 0.3 is 0 Å². The van der Waals surface area contributed by atoms with Crippen molar-refractivity contribution in [3.8, 4) is 0 Å². The van der Waals surface area contributed by atoms with E-state index in [1.54, 1.807) is 7.11 Å². The molecule has 0 aromatic carbocycles. The van der Waals surface area contributed by atoms with Crippen molar-refractivity contribution in [2.45, 2.75) is 71.5 Å². The second kappa shape index (κ2) is 12.0. The molecule has 1 unspecified atom stereocenters. The molecule has 0 radical (unpaired) electrons. The van der Waals surface area contributed by atoms with Crippen LogP contribution in [0.1, 0.15) is 65.2 Å². The Bertz CT molecular complexity index is 115. The first-order valence-corrected chi connectivity index (χ1v) is 6.49. The SMILES string of the molecule is CCCCCCCCOC(CCC)OC. The second-order valence-electron chi connectivity index (χ2n) is 4.09. The van der Waals surface area contributed by atoms with E-state index in [9.17, 15) is 0 Å². The number of unbranched alkanes of at least 4 members (excludes halogenated alkanes) is 5. The Morgan fingerprint density at radius 3 is 2.13 bits per heavy atom. The maximum atomic E-state index is 5.62. The first-order chi connectivity index (χ1) is 7.35. The highest BCUT2D eigenvalue weighted by Crippen LogP contribution is 2.07. The standard InChI is InChI=1S/C13H28O2/c1-4-6-7-8-9-10-12-15-13(14-3)11-5-2/h13H,4-12H2,1-3H3. The molecule has 0 aliphatic heterocycles. The van der Waals surface area contributed by atoms with Crippen molar-refractivity contribution in [2.24, 2.45) is 0 Å². The van der Waals surface area contributed by atoms with E-state index >= 15 is 0 Å². The summed E-state index contributed by atoms with van der Waals surface area (Å²) in [7, 11) is 1.72. The molecule has 0 bridgehead atoms. The van der Waals surface area contributed by atoms with Gasteiger partial charge < -0.3 is 9.47 Å². The van der Waals surface area contributed by atoms with Crippen LogP contribution in [-0.2, 0) is 9.47 Å². The molecule has 0 fully saturated rings.